The molecule has 1 atom stereocenters. The highest BCUT2D eigenvalue weighted by Crippen LogP contribution is 2.38. The van der Waals surface area contributed by atoms with Crippen molar-refractivity contribution in [3.63, 3.8) is 0 Å². The van der Waals surface area contributed by atoms with E-state index in [1.165, 1.54) is 5.56 Å². The number of nitrogens with one attached hydrogen (secondary N) is 1. The molecule has 0 aliphatic carbocycles. The number of thioether (sulfide) groups is 1. The van der Waals surface area contributed by atoms with Crippen molar-refractivity contribution in [2.75, 3.05) is 12.3 Å². The maximum atomic E-state index is 12.4. The zero-order valence-corrected chi connectivity index (χ0v) is 17.5. The quantitative estimate of drug-likeness (QED) is 0.620. The Labute approximate surface area is 181 Å². The SMILES string of the molecule is O=C(NCc1ccccc1)c1ccc([C@@H]2SCC(=O)N2CCc2ccccc2)cc1. The van der Waals surface area contributed by atoms with Gasteiger partial charge in [-0.1, -0.05) is 72.8 Å². The van der Waals surface area contributed by atoms with Crippen LogP contribution in [0, 0.1) is 0 Å². The van der Waals surface area contributed by atoms with Gasteiger partial charge in [-0.05, 0) is 35.2 Å². The van der Waals surface area contributed by atoms with E-state index < -0.39 is 0 Å². The van der Waals surface area contributed by atoms with E-state index in [0.717, 1.165) is 17.5 Å². The molecule has 3 aromatic carbocycles. The van der Waals surface area contributed by atoms with Gasteiger partial charge in [0.25, 0.3) is 5.91 Å². The number of hydrogen-bond donors (Lipinski definition) is 1. The highest BCUT2D eigenvalue weighted by Gasteiger charge is 2.32. The molecular weight excluding hydrogens is 392 g/mol. The van der Waals surface area contributed by atoms with Crippen molar-refractivity contribution in [3.8, 4) is 0 Å². The third-order valence-electron chi connectivity index (χ3n) is 5.21. The molecule has 1 aliphatic rings. The zero-order chi connectivity index (χ0) is 20.8. The lowest BCUT2D eigenvalue weighted by molar-refractivity contribution is -0.128. The zero-order valence-electron chi connectivity index (χ0n) is 16.7. The largest absolute Gasteiger partial charge is 0.348 e. The Morgan fingerprint density at radius 2 is 1.53 bits per heavy atom. The molecule has 1 saturated heterocycles. The summed E-state index contributed by atoms with van der Waals surface area (Å²) in [7, 11) is 0. The number of rotatable bonds is 7. The molecule has 0 bridgehead atoms. The van der Waals surface area contributed by atoms with E-state index in [4.69, 9.17) is 0 Å². The summed E-state index contributed by atoms with van der Waals surface area (Å²) in [6.07, 6.45) is 0.837. The Morgan fingerprint density at radius 3 is 2.20 bits per heavy atom. The first-order valence-corrected chi connectivity index (χ1v) is 11.1. The first kappa shape index (κ1) is 20.2. The summed E-state index contributed by atoms with van der Waals surface area (Å²) in [4.78, 5) is 26.8. The number of benzene rings is 3. The second kappa shape index (κ2) is 9.63. The van der Waals surface area contributed by atoms with Crippen molar-refractivity contribution >= 4 is 23.6 Å². The molecule has 2 amide bonds. The molecule has 1 N–H and O–H groups in total. The molecule has 1 heterocycles. The van der Waals surface area contributed by atoms with Crippen molar-refractivity contribution in [2.45, 2.75) is 18.3 Å². The van der Waals surface area contributed by atoms with E-state index in [9.17, 15) is 9.59 Å². The fourth-order valence-electron chi connectivity index (χ4n) is 3.55. The van der Waals surface area contributed by atoms with Crippen LogP contribution in [0.1, 0.15) is 32.4 Å². The average molecular weight is 417 g/mol. The van der Waals surface area contributed by atoms with E-state index in [0.29, 0.717) is 24.4 Å². The number of carbonyl (C=O) groups excluding carboxylic acids is 2. The summed E-state index contributed by atoms with van der Waals surface area (Å²) >= 11 is 1.64. The van der Waals surface area contributed by atoms with Crippen LogP contribution in [0.2, 0.25) is 0 Å². The number of nitrogens with zero attached hydrogens (tertiary/aromatic N) is 1. The highest BCUT2D eigenvalue weighted by molar-refractivity contribution is 8.00. The van der Waals surface area contributed by atoms with Gasteiger partial charge in [-0.25, -0.2) is 0 Å². The van der Waals surface area contributed by atoms with Gasteiger partial charge in [0.1, 0.15) is 5.37 Å². The lowest BCUT2D eigenvalue weighted by atomic mass is 10.1. The van der Waals surface area contributed by atoms with Crippen LogP contribution in [-0.4, -0.2) is 29.0 Å². The average Bonchev–Trinajstić information content (AvgIpc) is 3.18. The molecular formula is C25H24N2O2S. The monoisotopic (exact) mass is 416 g/mol. The normalized spacial score (nSPS) is 15.9. The smallest absolute Gasteiger partial charge is 0.251 e. The molecule has 1 aliphatic heterocycles. The molecule has 1 fully saturated rings. The summed E-state index contributed by atoms with van der Waals surface area (Å²) in [5.41, 5.74) is 3.97. The maximum Gasteiger partial charge on any atom is 0.251 e. The van der Waals surface area contributed by atoms with Crippen molar-refractivity contribution in [2.24, 2.45) is 0 Å². The van der Waals surface area contributed by atoms with Gasteiger partial charge < -0.3 is 10.2 Å². The Balaban J connectivity index is 1.38. The van der Waals surface area contributed by atoms with Crippen LogP contribution in [0.4, 0.5) is 0 Å². The standard InChI is InChI=1S/C25H24N2O2S/c28-23-18-30-25(27(23)16-15-19-7-3-1-4-8-19)22-13-11-21(12-14-22)24(29)26-17-20-9-5-2-6-10-20/h1-14,25H,15-18H2,(H,26,29)/t25-/m0/s1. The van der Waals surface area contributed by atoms with Crippen LogP contribution in [-0.2, 0) is 17.8 Å². The number of carbonyl (C=O) groups is 2. The van der Waals surface area contributed by atoms with Gasteiger partial charge in [0.15, 0.2) is 0 Å². The minimum atomic E-state index is -0.0958. The van der Waals surface area contributed by atoms with Crippen LogP contribution in [0.25, 0.3) is 0 Å². The summed E-state index contributed by atoms with van der Waals surface area (Å²) in [6, 6.07) is 27.7. The number of hydrogen-bond acceptors (Lipinski definition) is 3. The molecule has 5 heteroatoms. The molecule has 0 aromatic heterocycles. The fraction of sp³-hybridized carbons (Fsp3) is 0.200. The highest BCUT2D eigenvalue weighted by atomic mass is 32.2. The Hall–Kier alpha value is -3.05. The van der Waals surface area contributed by atoms with Crippen LogP contribution < -0.4 is 5.32 Å². The van der Waals surface area contributed by atoms with Crippen LogP contribution in [0.5, 0.6) is 0 Å². The van der Waals surface area contributed by atoms with Gasteiger partial charge in [-0.3, -0.25) is 9.59 Å². The minimum absolute atomic E-state index is 0.00245. The molecule has 3 aromatic rings. The number of amides is 2. The second-order valence-corrected chi connectivity index (χ2v) is 8.34. The Morgan fingerprint density at radius 1 is 0.900 bits per heavy atom. The van der Waals surface area contributed by atoms with Gasteiger partial charge in [-0.15, -0.1) is 11.8 Å². The third-order valence-corrected chi connectivity index (χ3v) is 6.46. The fourth-order valence-corrected chi connectivity index (χ4v) is 4.76. The topological polar surface area (TPSA) is 49.4 Å². The Bertz CT molecular complexity index is 991. The summed E-state index contributed by atoms with van der Waals surface area (Å²) < 4.78 is 0. The van der Waals surface area contributed by atoms with Gasteiger partial charge in [0.05, 0.1) is 5.75 Å². The van der Waals surface area contributed by atoms with Crippen molar-refractivity contribution in [1.82, 2.24) is 10.2 Å². The molecule has 4 rings (SSSR count). The van der Waals surface area contributed by atoms with Gasteiger partial charge in [0, 0.05) is 18.7 Å². The van der Waals surface area contributed by atoms with E-state index >= 15 is 0 Å². The molecule has 152 valence electrons. The van der Waals surface area contributed by atoms with Crippen LogP contribution in [0.15, 0.2) is 84.9 Å². The van der Waals surface area contributed by atoms with E-state index in [1.807, 2.05) is 77.7 Å². The van der Waals surface area contributed by atoms with Crippen molar-refractivity contribution in [3.05, 3.63) is 107 Å². The van der Waals surface area contributed by atoms with Gasteiger partial charge >= 0.3 is 0 Å². The third kappa shape index (κ3) is 4.92. The van der Waals surface area contributed by atoms with E-state index in [-0.39, 0.29) is 17.2 Å². The first-order valence-electron chi connectivity index (χ1n) is 10.1. The van der Waals surface area contributed by atoms with Crippen LogP contribution in [0.3, 0.4) is 0 Å². The predicted octanol–water partition coefficient (Wildman–Crippen LogP) is 4.43. The first-order chi connectivity index (χ1) is 14.7. The molecule has 30 heavy (non-hydrogen) atoms. The van der Waals surface area contributed by atoms with Gasteiger partial charge in [-0.2, -0.15) is 0 Å². The molecule has 0 saturated carbocycles. The molecule has 0 radical (unpaired) electrons. The maximum absolute atomic E-state index is 12.4. The summed E-state index contributed by atoms with van der Waals surface area (Å²) in [5.74, 6) is 0.575. The lowest BCUT2D eigenvalue weighted by Gasteiger charge is -2.24. The van der Waals surface area contributed by atoms with E-state index in [1.54, 1.807) is 11.8 Å². The minimum Gasteiger partial charge on any atom is -0.348 e. The molecule has 4 nitrogen and oxygen atoms in total. The van der Waals surface area contributed by atoms with Crippen molar-refractivity contribution in [1.29, 1.82) is 0 Å². The van der Waals surface area contributed by atoms with E-state index in [2.05, 4.69) is 17.4 Å². The molecule has 0 spiro atoms. The van der Waals surface area contributed by atoms with Gasteiger partial charge in [0.2, 0.25) is 5.91 Å². The summed E-state index contributed by atoms with van der Waals surface area (Å²) in [6.45, 7) is 1.20. The molecule has 0 unspecified atom stereocenters. The second-order valence-electron chi connectivity index (χ2n) is 7.28. The van der Waals surface area contributed by atoms with Crippen molar-refractivity contribution < 1.29 is 9.59 Å². The van der Waals surface area contributed by atoms with Crippen LogP contribution >= 0.6 is 11.8 Å². The lowest BCUT2D eigenvalue weighted by Crippen LogP contribution is -2.30. The predicted molar refractivity (Wildman–Crippen MR) is 121 cm³/mol. The Kier molecular flexibility index (Phi) is 6.50. The summed E-state index contributed by atoms with van der Waals surface area (Å²) in [5, 5.41) is 2.95.